The van der Waals surface area contributed by atoms with E-state index >= 15 is 0 Å². The molecule has 4 rings (SSSR count). The summed E-state index contributed by atoms with van der Waals surface area (Å²) in [6.07, 6.45) is 1.34. The molecule has 0 radical (unpaired) electrons. The minimum Gasteiger partial charge on any atom is -0.365 e. The summed E-state index contributed by atoms with van der Waals surface area (Å²) in [4.78, 5) is 16.5. The Kier molecular flexibility index (Phi) is 6.72. The number of rotatable bonds is 5. The monoisotopic (exact) mass is 519 g/mol. The van der Waals surface area contributed by atoms with E-state index in [4.69, 9.17) is 17.0 Å². The molecular weight excluding hydrogens is 496 g/mol. The Morgan fingerprint density at radius 3 is 2.54 bits per heavy atom. The molecule has 1 aliphatic heterocycles. The lowest BCUT2D eigenvalue weighted by molar-refractivity contribution is 0.102. The summed E-state index contributed by atoms with van der Waals surface area (Å²) in [7, 11) is -1.85. The second kappa shape index (κ2) is 9.44. The lowest BCUT2D eigenvalue weighted by Crippen LogP contribution is -2.63. The maximum Gasteiger partial charge on any atom is 0.274 e. The SMILES string of the molecule is CN[SH]1(=O)CC(c2cc(NC(=O)c3ccc(Cl)cn3)ccc2F)NC(=N)[C@@]1(C)c1ccc(F)cc1. The number of hydrogen-bond acceptors (Lipinski definition) is 4. The van der Waals surface area contributed by atoms with Crippen molar-refractivity contribution in [2.75, 3.05) is 18.1 Å². The first-order valence-electron chi connectivity index (χ1n) is 10.7. The highest BCUT2D eigenvalue weighted by Gasteiger charge is 2.49. The topological polar surface area (TPSA) is 107 Å². The predicted octanol–water partition coefficient (Wildman–Crippen LogP) is 3.95. The predicted molar refractivity (Wildman–Crippen MR) is 134 cm³/mol. The number of anilines is 1. The Labute approximate surface area is 207 Å². The number of benzene rings is 2. The van der Waals surface area contributed by atoms with Gasteiger partial charge in [0.2, 0.25) is 0 Å². The quantitative estimate of drug-likeness (QED) is 0.329. The standard InChI is InChI=1S/C24H24ClF2N5O2S/c1-24(14-3-6-16(26)7-4-14)23(28)32-21(13-35(24,34)29-2)18-11-17(8-9-19(18)27)31-22(33)20-10-5-15(25)12-30-20/h3-12,21,35H,13H2,1-2H3,(H2,28,32)(H,29,34)(H,31,33)/t21?,24-/m1/s1. The summed E-state index contributed by atoms with van der Waals surface area (Å²) in [5, 5.41) is 14.7. The third-order valence-electron chi connectivity index (χ3n) is 6.32. The number of pyridine rings is 1. The van der Waals surface area contributed by atoms with Crippen LogP contribution in [0.15, 0.2) is 60.8 Å². The molecule has 1 aliphatic rings. The molecule has 0 aliphatic carbocycles. The van der Waals surface area contributed by atoms with Crippen LogP contribution in [0.2, 0.25) is 5.02 Å². The summed E-state index contributed by atoms with van der Waals surface area (Å²) < 4.78 is 44.1. The van der Waals surface area contributed by atoms with Gasteiger partial charge in [-0.3, -0.25) is 19.1 Å². The molecule has 2 atom stereocenters. The molecule has 1 unspecified atom stereocenters. The zero-order chi connectivity index (χ0) is 25.4. The Balaban J connectivity index is 1.64. The van der Waals surface area contributed by atoms with Gasteiger partial charge in [0.15, 0.2) is 0 Å². The molecule has 2 aromatic carbocycles. The van der Waals surface area contributed by atoms with Crippen molar-refractivity contribution in [1.82, 2.24) is 15.0 Å². The van der Waals surface area contributed by atoms with E-state index in [0.717, 1.165) is 0 Å². The van der Waals surface area contributed by atoms with Crippen LogP contribution in [-0.2, 0) is 14.9 Å². The number of aromatic nitrogens is 1. The van der Waals surface area contributed by atoms with Gasteiger partial charge in [-0.1, -0.05) is 23.7 Å². The summed E-state index contributed by atoms with van der Waals surface area (Å²) in [6, 6.07) is 11.7. The van der Waals surface area contributed by atoms with Gasteiger partial charge in [0.05, 0.1) is 11.1 Å². The fraction of sp³-hybridized carbons (Fsp3) is 0.208. The van der Waals surface area contributed by atoms with Crippen molar-refractivity contribution < 1.29 is 17.8 Å². The average molecular weight is 520 g/mol. The Hall–Kier alpha value is -3.21. The van der Waals surface area contributed by atoms with Crippen LogP contribution in [-0.4, -0.2) is 33.7 Å². The van der Waals surface area contributed by atoms with Crippen LogP contribution in [0.3, 0.4) is 0 Å². The molecule has 7 nitrogen and oxygen atoms in total. The zero-order valence-corrected chi connectivity index (χ0v) is 20.6. The van der Waals surface area contributed by atoms with E-state index in [1.165, 1.54) is 67.8 Å². The van der Waals surface area contributed by atoms with Crippen LogP contribution >= 0.6 is 11.6 Å². The first kappa shape index (κ1) is 24.9. The lowest BCUT2D eigenvalue weighted by atomic mass is 9.96. The van der Waals surface area contributed by atoms with Crippen molar-refractivity contribution in [3.63, 3.8) is 0 Å². The van der Waals surface area contributed by atoms with Gasteiger partial charge in [0, 0.05) is 23.2 Å². The number of carbonyl (C=O) groups is 1. The number of nitrogens with zero attached hydrogens (tertiary/aromatic N) is 1. The second-order valence-corrected chi connectivity index (χ2v) is 12.0. The molecule has 1 amide bonds. The van der Waals surface area contributed by atoms with Crippen molar-refractivity contribution >= 4 is 39.1 Å². The molecule has 1 fully saturated rings. The normalized spacial score (nSPS) is 22.2. The molecule has 35 heavy (non-hydrogen) atoms. The van der Waals surface area contributed by atoms with Crippen LogP contribution in [0.1, 0.15) is 34.6 Å². The van der Waals surface area contributed by atoms with Gasteiger partial charge in [-0.25, -0.2) is 13.8 Å². The summed E-state index contributed by atoms with van der Waals surface area (Å²) in [5.74, 6) is -1.64. The number of halogens is 3. The van der Waals surface area contributed by atoms with E-state index in [2.05, 4.69) is 20.3 Å². The molecule has 184 valence electrons. The summed E-state index contributed by atoms with van der Waals surface area (Å²) >= 11 is 5.81. The van der Waals surface area contributed by atoms with Gasteiger partial charge in [-0.15, -0.1) is 0 Å². The Bertz CT molecular complexity index is 1340. The summed E-state index contributed by atoms with van der Waals surface area (Å²) in [5.41, 5.74) is 1.09. The number of thiol groups is 1. The molecule has 3 aromatic rings. The number of carbonyl (C=O) groups excluding carboxylic acids is 1. The van der Waals surface area contributed by atoms with Crippen molar-refractivity contribution in [1.29, 1.82) is 5.41 Å². The highest BCUT2D eigenvalue weighted by Crippen LogP contribution is 2.41. The molecule has 11 heteroatoms. The maximum atomic E-state index is 14.9. The van der Waals surface area contributed by atoms with E-state index in [-0.39, 0.29) is 22.8 Å². The first-order chi connectivity index (χ1) is 16.6. The molecule has 0 spiro atoms. The smallest absolute Gasteiger partial charge is 0.274 e. The van der Waals surface area contributed by atoms with E-state index in [1.54, 1.807) is 6.92 Å². The number of amidine groups is 1. The third kappa shape index (κ3) is 4.56. The van der Waals surface area contributed by atoms with Gasteiger partial charge in [-0.2, -0.15) is 0 Å². The molecule has 2 heterocycles. The van der Waals surface area contributed by atoms with Crippen LogP contribution in [0, 0.1) is 17.0 Å². The number of amides is 1. The molecule has 1 aromatic heterocycles. The van der Waals surface area contributed by atoms with Crippen molar-refractivity contribution in [2.45, 2.75) is 17.7 Å². The van der Waals surface area contributed by atoms with Crippen LogP contribution < -0.4 is 15.4 Å². The molecule has 1 saturated heterocycles. The van der Waals surface area contributed by atoms with E-state index in [1.807, 2.05) is 0 Å². The maximum absolute atomic E-state index is 14.9. The van der Waals surface area contributed by atoms with Crippen molar-refractivity contribution in [2.24, 2.45) is 0 Å². The van der Waals surface area contributed by atoms with E-state index in [0.29, 0.717) is 16.3 Å². The number of hydrogen-bond donors (Lipinski definition) is 5. The highest BCUT2D eigenvalue weighted by molar-refractivity contribution is 8.02. The summed E-state index contributed by atoms with van der Waals surface area (Å²) in [6.45, 7) is 1.65. The lowest BCUT2D eigenvalue weighted by Gasteiger charge is -2.49. The van der Waals surface area contributed by atoms with Crippen LogP contribution in [0.4, 0.5) is 14.5 Å². The Morgan fingerprint density at radius 2 is 1.91 bits per heavy atom. The van der Waals surface area contributed by atoms with Gasteiger partial charge >= 0.3 is 0 Å². The average Bonchev–Trinajstić information content (AvgIpc) is 2.84. The van der Waals surface area contributed by atoms with Crippen molar-refractivity contribution in [3.8, 4) is 0 Å². The molecule has 0 saturated carbocycles. The zero-order valence-electron chi connectivity index (χ0n) is 18.9. The van der Waals surface area contributed by atoms with Crippen LogP contribution in [0.25, 0.3) is 0 Å². The van der Waals surface area contributed by atoms with Gasteiger partial charge in [0.25, 0.3) is 5.91 Å². The molecular formula is C24H24ClF2N5O2S. The van der Waals surface area contributed by atoms with Crippen molar-refractivity contribution in [3.05, 3.63) is 94.3 Å². The molecule has 0 bridgehead atoms. The fourth-order valence-corrected chi connectivity index (χ4v) is 7.09. The number of nitrogens with one attached hydrogen (secondary N) is 4. The Morgan fingerprint density at radius 1 is 1.20 bits per heavy atom. The van der Waals surface area contributed by atoms with E-state index < -0.39 is 38.4 Å². The minimum atomic E-state index is -3.38. The minimum absolute atomic E-state index is 0.0210. The van der Waals surface area contributed by atoms with Gasteiger partial charge in [-0.05, 0) is 72.1 Å². The fourth-order valence-electron chi connectivity index (χ4n) is 4.19. The van der Waals surface area contributed by atoms with Gasteiger partial charge < -0.3 is 10.6 Å². The highest BCUT2D eigenvalue weighted by atomic mass is 35.5. The van der Waals surface area contributed by atoms with Gasteiger partial charge in [0.1, 0.15) is 27.9 Å². The van der Waals surface area contributed by atoms with E-state index in [9.17, 15) is 17.8 Å². The second-order valence-electron chi connectivity index (χ2n) is 8.35. The van der Waals surface area contributed by atoms with Crippen LogP contribution in [0.5, 0.6) is 0 Å². The molecule has 4 N–H and O–H groups in total. The first-order valence-corrected chi connectivity index (χ1v) is 13.0. The third-order valence-corrected chi connectivity index (χ3v) is 10.1. The largest absolute Gasteiger partial charge is 0.365 e.